The second-order valence-electron chi connectivity index (χ2n) is 3.77. The molecule has 0 aromatic rings. The molecule has 13 heteroatoms. The summed E-state index contributed by atoms with van der Waals surface area (Å²) in [5, 5.41) is 0. The van der Waals surface area contributed by atoms with E-state index in [0.717, 1.165) is 0 Å². The van der Waals surface area contributed by atoms with Crippen molar-refractivity contribution in [1.29, 1.82) is 0 Å². The van der Waals surface area contributed by atoms with Crippen LogP contribution in [0.2, 0.25) is 0 Å². The molecule has 0 saturated carbocycles. The van der Waals surface area contributed by atoms with E-state index < -0.39 is 49.8 Å². The number of alkyl halides is 12. The fraction of sp³-hybridized carbons (Fsp3) is 1.00. The van der Waals surface area contributed by atoms with E-state index in [1.54, 1.807) is 0 Å². The fourth-order valence-corrected chi connectivity index (χ4v) is 1.10. The van der Waals surface area contributed by atoms with Crippen molar-refractivity contribution in [2.75, 3.05) is 6.67 Å². The average Bonchev–Trinajstić information content (AvgIpc) is 2.20. The molecule has 0 aliphatic carbocycles. The predicted octanol–water partition coefficient (Wildman–Crippen LogP) is 4.63. The van der Waals surface area contributed by atoms with Gasteiger partial charge in [0.25, 0.3) is 0 Å². The van der Waals surface area contributed by atoms with Gasteiger partial charge in [0.1, 0.15) is 5.92 Å². The van der Waals surface area contributed by atoms with Gasteiger partial charge in [-0.25, -0.2) is 8.78 Å². The average molecular weight is 346 g/mol. The van der Waals surface area contributed by atoms with E-state index in [4.69, 9.17) is 0 Å². The summed E-state index contributed by atoms with van der Waals surface area (Å²) in [5.74, 6) is -4.54. The summed E-state index contributed by atoms with van der Waals surface area (Å²) in [6.07, 6.45) is -30.7. The molecule has 0 rings (SSSR count). The third-order valence-electron chi connectivity index (χ3n) is 2.04. The third-order valence-corrected chi connectivity index (χ3v) is 2.04. The summed E-state index contributed by atoms with van der Waals surface area (Å²) in [4.78, 5) is 0. The Morgan fingerprint density at radius 1 is 0.762 bits per heavy atom. The smallest absolute Gasteiger partial charge is 0.253 e. The highest BCUT2D eigenvalue weighted by molar-refractivity contribution is 4.82. The van der Waals surface area contributed by atoms with Gasteiger partial charge in [-0.2, -0.15) is 43.9 Å². The number of rotatable bonds is 6. The van der Waals surface area contributed by atoms with Crippen LogP contribution in [0, 0.1) is 5.92 Å². The monoisotopic (exact) mass is 346 g/mol. The van der Waals surface area contributed by atoms with Crippen molar-refractivity contribution >= 4 is 0 Å². The standard InChI is InChI=1S/C8H6F12O/c9-2-5(11,12)21-8(19,20)3(6(13,14)15)1-4(10)7(16,17)18/h3-4H,1-2H2. The van der Waals surface area contributed by atoms with Crippen molar-refractivity contribution in [3.63, 3.8) is 0 Å². The van der Waals surface area contributed by atoms with Gasteiger partial charge in [0.15, 0.2) is 12.8 Å². The van der Waals surface area contributed by atoms with Crippen LogP contribution in [0.25, 0.3) is 0 Å². The van der Waals surface area contributed by atoms with Crippen molar-refractivity contribution in [3.8, 4) is 0 Å². The molecule has 0 aliphatic heterocycles. The number of ether oxygens (including phenoxy) is 1. The SMILES string of the molecule is FCC(F)(F)OC(F)(F)C(CC(F)C(F)(F)F)C(F)(F)F. The Morgan fingerprint density at radius 3 is 1.48 bits per heavy atom. The number of hydrogen-bond donors (Lipinski definition) is 0. The molecular formula is C8H6F12O. The summed E-state index contributed by atoms with van der Waals surface area (Å²) >= 11 is 0. The Hall–Kier alpha value is -0.880. The van der Waals surface area contributed by atoms with E-state index >= 15 is 0 Å². The van der Waals surface area contributed by atoms with E-state index in [0.29, 0.717) is 0 Å². The first kappa shape index (κ1) is 20.1. The van der Waals surface area contributed by atoms with Crippen LogP contribution in [0.4, 0.5) is 52.7 Å². The summed E-state index contributed by atoms with van der Waals surface area (Å²) in [6.45, 7) is -2.95. The lowest BCUT2D eigenvalue weighted by Crippen LogP contribution is -2.48. The molecule has 2 unspecified atom stereocenters. The van der Waals surface area contributed by atoms with Crippen molar-refractivity contribution in [3.05, 3.63) is 0 Å². The van der Waals surface area contributed by atoms with Crippen LogP contribution in [0.1, 0.15) is 6.42 Å². The van der Waals surface area contributed by atoms with Crippen molar-refractivity contribution in [2.24, 2.45) is 5.92 Å². The van der Waals surface area contributed by atoms with Crippen molar-refractivity contribution < 1.29 is 57.4 Å². The molecular weight excluding hydrogens is 340 g/mol. The summed E-state index contributed by atoms with van der Waals surface area (Å²) in [7, 11) is 0. The Balaban J connectivity index is 5.34. The molecule has 0 spiro atoms. The van der Waals surface area contributed by atoms with E-state index in [-0.39, 0.29) is 0 Å². The molecule has 21 heavy (non-hydrogen) atoms. The summed E-state index contributed by atoms with van der Waals surface area (Å²) in [6, 6.07) is 0. The first-order chi connectivity index (χ1) is 9.03. The van der Waals surface area contributed by atoms with E-state index in [1.165, 1.54) is 0 Å². The summed E-state index contributed by atoms with van der Waals surface area (Å²) < 4.78 is 148. The largest absolute Gasteiger partial charge is 0.419 e. The normalized spacial score (nSPS) is 17.7. The highest BCUT2D eigenvalue weighted by Crippen LogP contribution is 2.46. The molecule has 0 heterocycles. The topological polar surface area (TPSA) is 9.23 Å². The zero-order valence-electron chi connectivity index (χ0n) is 9.51. The molecule has 0 N–H and O–H groups in total. The van der Waals surface area contributed by atoms with E-state index in [9.17, 15) is 52.7 Å². The van der Waals surface area contributed by atoms with Gasteiger partial charge in [-0.15, -0.1) is 0 Å². The highest BCUT2D eigenvalue weighted by atomic mass is 19.4. The van der Waals surface area contributed by atoms with Crippen LogP contribution in [-0.2, 0) is 4.74 Å². The molecule has 1 nitrogen and oxygen atoms in total. The van der Waals surface area contributed by atoms with Gasteiger partial charge >= 0.3 is 24.6 Å². The Bertz CT molecular complexity index is 331. The van der Waals surface area contributed by atoms with Gasteiger partial charge in [-0.3, -0.25) is 4.74 Å². The second kappa shape index (κ2) is 6.08. The van der Waals surface area contributed by atoms with Crippen LogP contribution in [0.3, 0.4) is 0 Å². The van der Waals surface area contributed by atoms with Gasteiger partial charge < -0.3 is 0 Å². The van der Waals surface area contributed by atoms with Gasteiger partial charge in [-0.05, 0) is 0 Å². The molecule has 128 valence electrons. The zero-order valence-corrected chi connectivity index (χ0v) is 9.51. The van der Waals surface area contributed by atoms with Gasteiger partial charge in [-0.1, -0.05) is 0 Å². The molecule has 0 aromatic heterocycles. The van der Waals surface area contributed by atoms with Crippen molar-refractivity contribution in [1.82, 2.24) is 0 Å². The number of halogens is 12. The molecule has 0 bridgehead atoms. The maximum atomic E-state index is 12.9. The van der Waals surface area contributed by atoms with Gasteiger partial charge in [0.2, 0.25) is 0 Å². The third kappa shape index (κ3) is 6.18. The highest BCUT2D eigenvalue weighted by Gasteiger charge is 2.62. The Labute approximate surface area is 108 Å². The minimum Gasteiger partial charge on any atom is -0.253 e. The first-order valence-electron chi connectivity index (χ1n) is 4.82. The van der Waals surface area contributed by atoms with Crippen LogP contribution in [0.15, 0.2) is 0 Å². The Morgan fingerprint density at radius 2 is 1.19 bits per heavy atom. The van der Waals surface area contributed by atoms with Crippen LogP contribution in [0.5, 0.6) is 0 Å². The van der Waals surface area contributed by atoms with Crippen molar-refractivity contribution in [2.45, 2.75) is 37.2 Å². The zero-order chi connectivity index (χ0) is 17.3. The summed E-state index contributed by atoms with van der Waals surface area (Å²) in [5.41, 5.74) is 0. The van der Waals surface area contributed by atoms with Gasteiger partial charge in [0.05, 0.1) is 0 Å². The second-order valence-corrected chi connectivity index (χ2v) is 3.77. The molecule has 0 radical (unpaired) electrons. The molecule has 0 fully saturated rings. The number of hydrogen-bond acceptors (Lipinski definition) is 1. The lowest BCUT2D eigenvalue weighted by Gasteiger charge is -2.31. The minimum absolute atomic E-state index is 2.28. The molecule has 2 atom stereocenters. The van der Waals surface area contributed by atoms with E-state index in [1.807, 2.05) is 0 Å². The lowest BCUT2D eigenvalue weighted by molar-refractivity contribution is -0.421. The lowest BCUT2D eigenvalue weighted by atomic mass is 10.00. The predicted molar refractivity (Wildman–Crippen MR) is 42.1 cm³/mol. The molecule has 0 aliphatic rings. The van der Waals surface area contributed by atoms with Crippen LogP contribution in [-0.4, -0.2) is 37.4 Å². The minimum atomic E-state index is -6.20. The van der Waals surface area contributed by atoms with Crippen LogP contribution >= 0.6 is 0 Å². The van der Waals surface area contributed by atoms with E-state index in [2.05, 4.69) is 4.74 Å². The maximum Gasteiger partial charge on any atom is 0.419 e. The fourth-order valence-electron chi connectivity index (χ4n) is 1.10. The first-order valence-corrected chi connectivity index (χ1v) is 4.82. The molecule has 0 saturated heterocycles. The maximum absolute atomic E-state index is 12.9. The molecule has 0 amide bonds. The Kier molecular flexibility index (Phi) is 5.83. The van der Waals surface area contributed by atoms with Crippen LogP contribution < -0.4 is 0 Å². The quantitative estimate of drug-likeness (QED) is 0.638. The molecule has 0 aromatic carbocycles. The van der Waals surface area contributed by atoms with Gasteiger partial charge in [0, 0.05) is 6.42 Å².